The first-order valence-corrected chi connectivity index (χ1v) is 12.4. The van der Waals surface area contributed by atoms with E-state index in [1.807, 2.05) is 12.1 Å². The standard InChI is InChI=1S/C25H21B6N3O5/c26-23(27)21(36)34(31)22(37)24(28,25(23,29)30)33-13-18-17(20(33)35)2-1-3-19(18)39-14-16-6-4-15(5-7-16)12-32-8-10-38-11-9-32/h1-7H,8-14H2. The van der Waals surface area contributed by atoms with Gasteiger partial charge >= 0.3 is 0 Å². The Labute approximate surface area is 235 Å². The van der Waals surface area contributed by atoms with Gasteiger partial charge in [0.2, 0.25) is 19.8 Å². The van der Waals surface area contributed by atoms with Gasteiger partial charge in [0.15, 0.2) is 0 Å². The summed E-state index contributed by atoms with van der Waals surface area (Å²) < 4.78 is 11.5. The largest absolute Gasteiger partial charge is 0.489 e. The van der Waals surface area contributed by atoms with Crippen LogP contribution in [-0.4, -0.2) is 111 Å². The van der Waals surface area contributed by atoms with E-state index < -0.39 is 33.6 Å². The molecule has 0 aliphatic carbocycles. The molecule has 3 aliphatic rings. The Bertz CT molecular complexity index is 1320. The molecule has 184 valence electrons. The van der Waals surface area contributed by atoms with E-state index in [4.69, 9.17) is 56.7 Å². The van der Waals surface area contributed by atoms with Gasteiger partial charge in [-0.05, 0) is 28.5 Å². The van der Waals surface area contributed by atoms with E-state index >= 15 is 0 Å². The maximum absolute atomic E-state index is 13.5. The van der Waals surface area contributed by atoms with Crippen LogP contribution in [0.3, 0.4) is 0 Å². The SMILES string of the molecule is [B]N1C(=O)C([B])([B])C([B])([B])C([B])(N2Cc3c(OCc4ccc(CN5CCOCC5)cc4)cccc3C2=O)C1=O. The molecule has 2 aromatic carbocycles. The van der Waals surface area contributed by atoms with E-state index in [2.05, 4.69) is 17.0 Å². The highest BCUT2D eigenvalue weighted by atomic mass is 16.5. The normalized spacial score (nSPS) is 24.6. The van der Waals surface area contributed by atoms with Crippen molar-refractivity contribution in [2.75, 3.05) is 26.3 Å². The number of carbonyl (C=O) groups is 3. The van der Waals surface area contributed by atoms with Gasteiger partial charge in [-0.25, -0.2) is 0 Å². The maximum Gasteiger partial charge on any atom is 0.254 e. The summed E-state index contributed by atoms with van der Waals surface area (Å²) in [5.74, 6) is -2.72. The fourth-order valence-electron chi connectivity index (χ4n) is 5.13. The number of benzene rings is 2. The molecule has 8 nitrogen and oxygen atoms in total. The minimum atomic E-state index is -2.56. The van der Waals surface area contributed by atoms with Crippen molar-refractivity contribution in [1.29, 1.82) is 0 Å². The van der Waals surface area contributed by atoms with Crippen LogP contribution in [0.2, 0.25) is 10.4 Å². The zero-order valence-corrected chi connectivity index (χ0v) is 21.3. The van der Waals surface area contributed by atoms with Crippen LogP contribution in [0, 0.1) is 0 Å². The minimum Gasteiger partial charge on any atom is -0.489 e. The number of morpholine rings is 1. The number of hydrogen-bond donors (Lipinski definition) is 0. The van der Waals surface area contributed by atoms with Crippen LogP contribution >= 0.6 is 0 Å². The second-order valence-corrected chi connectivity index (χ2v) is 10.2. The minimum absolute atomic E-state index is 0.147. The van der Waals surface area contributed by atoms with Crippen molar-refractivity contribution in [1.82, 2.24) is 14.6 Å². The zero-order valence-electron chi connectivity index (χ0n) is 21.3. The summed E-state index contributed by atoms with van der Waals surface area (Å²) in [4.78, 5) is 42.5. The summed E-state index contributed by atoms with van der Waals surface area (Å²) in [6.45, 7) is 4.16. The van der Waals surface area contributed by atoms with Crippen molar-refractivity contribution in [3.63, 3.8) is 0 Å². The Kier molecular flexibility index (Phi) is 7.08. The topological polar surface area (TPSA) is 79.4 Å². The molecule has 0 spiro atoms. The van der Waals surface area contributed by atoms with Crippen molar-refractivity contribution < 1.29 is 23.9 Å². The van der Waals surface area contributed by atoms with Crippen LogP contribution < -0.4 is 4.74 Å². The third kappa shape index (κ3) is 4.36. The smallest absolute Gasteiger partial charge is 0.254 e. The molecular weight excluding hydrogens is 487 g/mol. The molecular formula is C25H21B6N3O5. The van der Waals surface area contributed by atoms with Gasteiger partial charge in [0.25, 0.3) is 5.91 Å². The molecule has 0 bridgehead atoms. The number of ether oxygens (including phenoxy) is 2. The monoisotopic (exact) mass is 509 g/mol. The van der Waals surface area contributed by atoms with Crippen molar-refractivity contribution in [2.24, 2.45) is 0 Å². The lowest BCUT2D eigenvalue weighted by Crippen LogP contribution is -2.75. The Hall–Kier alpha value is -2.84. The molecule has 3 aliphatic heterocycles. The number of piperidine rings is 1. The predicted octanol–water partition coefficient (Wildman–Crippen LogP) is -0.723. The van der Waals surface area contributed by atoms with Gasteiger partial charge in [0.1, 0.15) is 20.2 Å². The fraction of sp³-hybridized carbons (Fsp3) is 0.400. The van der Waals surface area contributed by atoms with Crippen LogP contribution in [0.25, 0.3) is 0 Å². The van der Waals surface area contributed by atoms with Gasteiger partial charge in [-0.3, -0.25) is 19.3 Å². The van der Waals surface area contributed by atoms with Crippen molar-refractivity contribution in [2.45, 2.75) is 35.6 Å². The van der Waals surface area contributed by atoms with Gasteiger partial charge in [-0.1, -0.05) is 35.5 Å². The van der Waals surface area contributed by atoms with Gasteiger partial charge in [-0.2, -0.15) is 0 Å². The van der Waals surface area contributed by atoms with Crippen molar-refractivity contribution >= 4 is 64.9 Å². The summed E-state index contributed by atoms with van der Waals surface area (Å²) >= 11 is 0. The summed E-state index contributed by atoms with van der Waals surface area (Å²) in [5, 5.41) is -5.11. The number of fused-ring (bicyclic) bond motifs is 1. The van der Waals surface area contributed by atoms with Crippen LogP contribution in [0.15, 0.2) is 42.5 Å². The van der Waals surface area contributed by atoms with E-state index in [0.29, 0.717) is 11.3 Å². The quantitative estimate of drug-likeness (QED) is 0.379. The molecule has 2 aromatic rings. The summed E-state index contributed by atoms with van der Waals surface area (Å²) in [7, 11) is 36.1. The summed E-state index contributed by atoms with van der Waals surface area (Å²) in [6, 6.07) is 13.0. The highest BCUT2D eigenvalue weighted by Gasteiger charge is 2.64. The number of amides is 3. The second-order valence-electron chi connectivity index (χ2n) is 10.2. The number of hydrogen-bond acceptors (Lipinski definition) is 6. The third-order valence-corrected chi connectivity index (χ3v) is 7.71. The first kappa shape index (κ1) is 27.7. The lowest BCUT2D eigenvalue weighted by molar-refractivity contribution is -0.149. The molecule has 2 fully saturated rings. The lowest BCUT2D eigenvalue weighted by atomic mass is 9.21. The summed E-state index contributed by atoms with van der Waals surface area (Å²) in [6.07, 6.45) is 0. The van der Waals surface area contributed by atoms with Gasteiger partial charge in [0, 0.05) is 30.8 Å². The third-order valence-electron chi connectivity index (χ3n) is 7.71. The lowest BCUT2D eigenvalue weighted by Gasteiger charge is -2.62. The van der Waals surface area contributed by atoms with E-state index in [0.717, 1.165) is 43.3 Å². The molecule has 39 heavy (non-hydrogen) atoms. The Morgan fingerprint density at radius 3 is 2.18 bits per heavy atom. The van der Waals surface area contributed by atoms with Crippen LogP contribution in [-0.2, 0) is 34.0 Å². The molecule has 1 atom stereocenters. The fourth-order valence-corrected chi connectivity index (χ4v) is 5.13. The zero-order chi connectivity index (χ0) is 28.2. The van der Waals surface area contributed by atoms with Crippen LogP contribution in [0.5, 0.6) is 5.75 Å². The van der Waals surface area contributed by atoms with E-state index in [-0.39, 0.29) is 23.5 Å². The van der Waals surface area contributed by atoms with E-state index in [1.54, 1.807) is 18.2 Å². The molecule has 1 unspecified atom stereocenters. The molecule has 5 rings (SSSR count). The molecule has 3 heterocycles. The molecule has 3 amide bonds. The average Bonchev–Trinajstić information content (AvgIpc) is 3.28. The number of rotatable bonds is 6. The first-order chi connectivity index (χ1) is 18.4. The maximum atomic E-state index is 13.5. The Balaban J connectivity index is 1.34. The average molecular weight is 508 g/mol. The molecule has 0 aromatic heterocycles. The molecule has 14 heteroatoms. The van der Waals surface area contributed by atoms with Gasteiger partial charge in [-0.15, -0.1) is 0 Å². The highest BCUT2D eigenvalue weighted by Crippen LogP contribution is 2.57. The molecule has 12 radical (unpaired) electrons. The van der Waals surface area contributed by atoms with Crippen LogP contribution in [0.4, 0.5) is 0 Å². The van der Waals surface area contributed by atoms with E-state index in [1.165, 1.54) is 5.56 Å². The number of carbonyl (C=O) groups excluding carboxylic acids is 3. The number of nitrogens with zero attached hydrogens (tertiary/aromatic N) is 3. The van der Waals surface area contributed by atoms with Gasteiger partial charge in [0.05, 0.1) is 56.6 Å². The molecule has 0 saturated carbocycles. The molecule has 2 saturated heterocycles. The Morgan fingerprint density at radius 2 is 1.51 bits per heavy atom. The first-order valence-electron chi connectivity index (χ1n) is 12.4. The van der Waals surface area contributed by atoms with Crippen molar-refractivity contribution in [3.8, 4) is 5.75 Å². The number of imide groups is 1. The molecule has 0 N–H and O–H groups in total. The van der Waals surface area contributed by atoms with Crippen molar-refractivity contribution in [3.05, 3.63) is 64.7 Å². The van der Waals surface area contributed by atoms with Gasteiger partial charge < -0.3 is 19.2 Å². The predicted molar refractivity (Wildman–Crippen MR) is 148 cm³/mol. The summed E-state index contributed by atoms with van der Waals surface area (Å²) in [5.41, 5.74) is 0.252. The van der Waals surface area contributed by atoms with Crippen LogP contribution in [0.1, 0.15) is 27.0 Å². The van der Waals surface area contributed by atoms with E-state index in [9.17, 15) is 14.4 Å². The Morgan fingerprint density at radius 1 is 0.872 bits per heavy atom. The highest BCUT2D eigenvalue weighted by molar-refractivity contribution is 6.68. The second kappa shape index (κ2) is 9.97.